The van der Waals surface area contributed by atoms with E-state index in [1.165, 1.54) is 0 Å². The van der Waals surface area contributed by atoms with Gasteiger partial charge in [0.25, 0.3) is 0 Å². The van der Waals surface area contributed by atoms with Gasteiger partial charge in [0.2, 0.25) is 0 Å². The summed E-state index contributed by atoms with van der Waals surface area (Å²) in [5, 5.41) is -0.0977. The minimum atomic E-state index is -0.0977. The summed E-state index contributed by atoms with van der Waals surface area (Å²) in [5.41, 5.74) is 3.12. The lowest BCUT2D eigenvalue weighted by Crippen LogP contribution is -2.18. The van der Waals surface area contributed by atoms with Crippen LogP contribution in [-0.4, -0.2) is 39.6 Å². The zero-order chi connectivity index (χ0) is 13.6. The molecule has 2 aromatic rings. The Labute approximate surface area is 118 Å². The minimum absolute atomic E-state index is 0.0977. The van der Waals surface area contributed by atoms with Crippen LogP contribution in [0.25, 0.3) is 11.2 Å². The summed E-state index contributed by atoms with van der Waals surface area (Å²) >= 11 is 6.32. The van der Waals surface area contributed by atoms with E-state index in [-0.39, 0.29) is 5.38 Å². The van der Waals surface area contributed by atoms with Gasteiger partial charge in [0.1, 0.15) is 11.3 Å². The number of hydrogen-bond donors (Lipinski definition) is 0. The molecule has 2 aromatic heterocycles. The molecule has 1 aliphatic heterocycles. The predicted molar refractivity (Wildman–Crippen MR) is 77.7 cm³/mol. The molecule has 0 aromatic carbocycles. The molecule has 0 bridgehead atoms. The molecule has 1 aliphatic rings. The number of imidazole rings is 1. The van der Waals surface area contributed by atoms with Crippen molar-refractivity contribution in [1.29, 1.82) is 0 Å². The molecule has 3 heterocycles. The van der Waals surface area contributed by atoms with Gasteiger partial charge in [-0.3, -0.25) is 0 Å². The Bertz CT molecular complexity index is 605. The fourth-order valence-electron chi connectivity index (χ4n) is 2.89. The lowest BCUT2D eigenvalue weighted by Gasteiger charge is -2.17. The van der Waals surface area contributed by atoms with Crippen molar-refractivity contribution in [3.05, 3.63) is 23.7 Å². The molecule has 0 spiro atoms. The van der Waals surface area contributed by atoms with Crippen molar-refractivity contribution in [2.75, 3.05) is 20.1 Å². The van der Waals surface area contributed by atoms with Crippen molar-refractivity contribution in [2.45, 2.75) is 31.7 Å². The molecule has 0 radical (unpaired) electrons. The molecule has 2 unspecified atom stereocenters. The number of aryl methyl sites for hydroxylation is 1. The first-order valence-corrected chi connectivity index (χ1v) is 7.17. The highest BCUT2D eigenvalue weighted by Gasteiger charge is 2.27. The molecular weight excluding hydrogens is 260 g/mol. The van der Waals surface area contributed by atoms with Crippen LogP contribution in [0.1, 0.15) is 36.2 Å². The average molecular weight is 279 g/mol. The third-order valence-electron chi connectivity index (χ3n) is 3.90. The fourth-order valence-corrected chi connectivity index (χ4v) is 3.04. The van der Waals surface area contributed by atoms with Crippen LogP contribution in [-0.2, 0) is 0 Å². The lowest BCUT2D eigenvalue weighted by atomic mass is 10.2. The molecule has 0 aliphatic carbocycles. The van der Waals surface area contributed by atoms with Crippen LogP contribution in [0.5, 0.6) is 0 Å². The number of likely N-dealkylation sites (N-methyl/N-ethyl adjacent to an activating group) is 1. The molecule has 1 fully saturated rings. The Morgan fingerprint density at radius 3 is 2.89 bits per heavy atom. The Hall–Kier alpha value is -1.13. The van der Waals surface area contributed by atoms with Crippen LogP contribution in [0.3, 0.4) is 0 Å². The van der Waals surface area contributed by atoms with Crippen LogP contribution in [0, 0.1) is 6.92 Å². The largest absolute Gasteiger partial charge is 0.307 e. The first kappa shape index (κ1) is 12.9. The number of halogens is 1. The summed E-state index contributed by atoms with van der Waals surface area (Å²) in [6, 6.07) is 2.43. The van der Waals surface area contributed by atoms with Gasteiger partial charge in [-0.25, -0.2) is 9.97 Å². The van der Waals surface area contributed by atoms with Crippen LogP contribution in [0.15, 0.2) is 12.3 Å². The molecule has 0 N–H and O–H groups in total. The maximum Gasteiger partial charge on any atom is 0.160 e. The highest BCUT2D eigenvalue weighted by molar-refractivity contribution is 6.20. The Morgan fingerprint density at radius 1 is 1.47 bits per heavy atom. The van der Waals surface area contributed by atoms with Gasteiger partial charge in [-0.1, -0.05) is 0 Å². The van der Waals surface area contributed by atoms with Crippen molar-refractivity contribution < 1.29 is 0 Å². The second-order valence-corrected chi connectivity index (χ2v) is 6.12. The summed E-state index contributed by atoms with van der Waals surface area (Å²) in [6.07, 6.45) is 2.99. The van der Waals surface area contributed by atoms with E-state index in [0.29, 0.717) is 6.04 Å². The number of pyridine rings is 1. The monoisotopic (exact) mass is 278 g/mol. The van der Waals surface area contributed by atoms with E-state index in [9.17, 15) is 0 Å². The lowest BCUT2D eigenvalue weighted by molar-refractivity contribution is 0.391. The third kappa shape index (κ3) is 2.13. The molecule has 19 heavy (non-hydrogen) atoms. The van der Waals surface area contributed by atoms with Crippen LogP contribution >= 0.6 is 11.6 Å². The van der Waals surface area contributed by atoms with Crippen molar-refractivity contribution in [3.63, 3.8) is 0 Å². The number of alkyl halides is 1. The van der Waals surface area contributed by atoms with Gasteiger partial charge in [0, 0.05) is 12.7 Å². The van der Waals surface area contributed by atoms with Gasteiger partial charge >= 0.3 is 0 Å². The minimum Gasteiger partial charge on any atom is -0.307 e. The first-order chi connectivity index (χ1) is 9.08. The molecule has 0 amide bonds. The summed E-state index contributed by atoms with van der Waals surface area (Å²) in [7, 11) is 2.15. The molecule has 2 atom stereocenters. The molecule has 3 rings (SSSR count). The first-order valence-electron chi connectivity index (χ1n) is 6.74. The van der Waals surface area contributed by atoms with Crippen LogP contribution in [0.4, 0.5) is 0 Å². The predicted octanol–water partition coefficient (Wildman–Crippen LogP) is 2.92. The zero-order valence-corrected chi connectivity index (χ0v) is 12.4. The second-order valence-electron chi connectivity index (χ2n) is 5.46. The summed E-state index contributed by atoms with van der Waals surface area (Å²) in [5.74, 6) is 0.943. The molecular formula is C14H19ClN4. The number of fused-ring (bicyclic) bond motifs is 1. The normalized spacial score (nSPS) is 22.2. The molecule has 0 saturated carbocycles. The van der Waals surface area contributed by atoms with Gasteiger partial charge in [-0.15, -0.1) is 11.6 Å². The fraction of sp³-hybridized carbons (Fsp3) is 0.571. The van der Waals surface area contributed by atoms with Crippen molar-refractivity contribution >= 4 is 22.8 Å². The van der Waals surface area contributed by atoms with E-state index in [2.05, 4.69) is 28.4 Å². The summed E-state index contributed by atoms with van der Waals surface area (Å²) in [6.45, 7) is 6.21. The van der Waals surface area contributed by atoms with Crippen molar-refractivity contribution in [2.24, 2.45) is 0 Å². The maximum absolute atomic E-state index is 6.32. The SMILES string of the molecule is Cc1ccnc2c1nc(C(C)Cl)n2C1CCN(C)C1. The van der Waals surface area contributed by atoms with Gasteiger partial charge in [0.05, 0.1) is 11.4 Å². The van der Waals surface area contributed by atoms with Gasteiger partial charge < -0.3 is 9.47 Å². The van der Waals surface area contributed by atoms with Crippen LogP contribution in [0.2, 0.25) is 0 Å². The van der Waals surface area contributed by atoms with E-state index in [1.54, 1.807) is 0 Å². The molecule has 1 saturated heterocycles. The molecule has 102 valence electrons. The number of likely N-dealkylation sites (tertiary alicyclic amines) is 1. The highest BCUT2D eigenvalue weighted by Crippen LogP contribution is 2.31. The van der Waals surface area contributed by atoms with Gasteiger partial charge in [0.15, 0.2) is 5.65 Å². The Kier molecular flexibility index (Phi) is 3.23. The van der Waals surface area contributed by atoms with Crippen molar-refractivity contribution in [1.82, 2.24) is 19.4 Å². The van der Waals surface area contributed by atoms with Gasteiger partial charge in [-0.05, 0) is 45.5 Å². The smallest absolute Gasteiger partial charge is 0.160 e. The molecule has 4 nitrogen and oxygen atoms in total. The highest BCUT2D eigenvalue weighted by atomic mass is 35.5. The topological polar surface area (TPSA) is 34.0 Å². The van der Waals surface area contributed by atoms with E-state index < -0.39 is 0 Å². The number of aromatic nitrogens is 3. The zero-order valence-electron chi connectivity index (χ0n) is 11.6. The second kappa shape index (κ2) is 4.76. The van der Waals surface area contributed by atoms with E-state index >= 15 is 0 Å². The number of rotatable bonds is 2. The molecule has 5 heteroatoms. The van der Waals surface area contributed by atoms with E-state index in [0.717, 1.165) is 42.1 Å². The quantitative estimate of drug-likeness (QED) is 0.792. The maximum atomic E-state index is 6.32. The van der Waals surface area contributed by atoms with E-state index in [1.807, 2.05) is 19.2 Å². The number of nitrogens with zero attached hydrogens (tertiary/aromatic N) is 4. The van der Waals surface area contributed by atoms with Crippen LogP contribution < -0.4 is 0 Å². The number of hydrogen-bond acceptors (Lipinski definition) is 3. The summed E-state index contributed by atoms with van der Waals surface area (Å²) in [4.78, 5) is 11.6. The Balaban J connectivity index is 2.20. The standard InChI is InChI=1S/C14H19ClN4/c1-9-4-6-16-14-12(9)17-13(10(2)15)19(14)11-5-7-18(3)8-11/h4,6,10-11H,5,7-8H2,1-3H3. The average Bonchev–Trinajstić information content (AvgIpc) is 2.93. The Morgan fingerprint density at radius 2 is 2.26 bits per heavy atom. The third-order valence-corrected chi connectivity index (χ3v) is 4.09. The van der Waals surface area contributed by atoms with Crippen molar-refractivity contribution in [3.8, 4) is 0 Å². The summed E-state index contributed by atoms with van der Waals surface area (Å²) < 4.78 is 2.25. The van der Waals surface area contributed by atoms with Gasteiger partial charge in [-0.2, -0.15) is 0 Å². The van der Waals surface area contributed by atoms with E-state index in [4.69, 9.17) is 16.6 Å².